The van der Waals surface area contributed by atoms with Crippen molar-refractivity contribution in [2.24, 2.45) is 5.92 Å². The number of benzene rings is 1. The van der Waals surface area contributed by atoms with Crippen molar-refractivity contribution in [2.45, 2.75) is 20.3 Å². The first-order valence-electron chi connectivity index (χ1n) is 5.91. The molecule has 0 saturated heterocycles. The summed E-state index contributed by atoms with van der Waals surface area (Å²) in [6.45, 7) is 3.71. The molecule has 0 bridgehead atoms. The van der Waals surface area contributed by atoms with E-state index in [1.807, 2.05) is 25.1 Å². The summed E-state index contributed by atoms with van der Waals surface area (Å²) in [7, 11) is 1.63. The number of H-pyrrole nitrogens is 1. The molecule has 2 N–H and O–H groups in total. The number of carboxylic acids is 1. The number of carboxylic acid groups (broad SMARTS) is 1. The second kappa shape index (κ2) is 4.72. The molecule has 0 fully saturated rings. The zero-order chi connectivity index (χ0) is 13.3. The number of aromatic nitrogens is 1. The summed E-state index contributed by atoms with van der Waals surface area (Å²) in [6.07, 6.45) is 0.499. The van der Waals surface area contributed by atoms with E-state index in [4.69, 9.17) is 9.84 Å². The van der Waals surface area contributed by atoms with Crippen LogP contribution in [-0.4, -0.2) is 23.2 Å². The molecule has 0 aliphatic heterocycles. The van der Waals surface area contributed by atoms with Gasteiger partial charge >= 0.3 is 5.97 Å². The highest BCUT2D eigenvalue weighted by atomic mass is 16.5. The highest BCUT2D eigenvalue weighted by molar-refractivity contribution is 5.89. The van der Waals surface area contributed by atoms with Crippen molar-refractivity contribution in [3.05, 3.63) is 29.5 Å². The molecule has 1 atom stereocenters. The maximum atomic E-state index is 10.9. The van der Waals surface area contributed by atoms with Gasteiger partial charge in [-0.05, 0) is 18.6 Å². The van der Waals surface area contributed by atoms with Crippen molar-refractivity contribution in [1.29, 1.82) is 0 Å². The summed E-state index contributed by atoms with van der Waals surface area (Å²) in [5, 5.41) is 10.1. The van der Waals surface area contributed by atoms with E-state index in [0.717, 1.165) is 27.9 Å². The zero-order valence-electron chi connectivity index (χ0n) is 10.8. The first-order chi connectivity index (χ1) is 8.54. The third-order valence-electron chi connectivity index (χ3n) is 3.31. The topological polar surface area (TPSA) is 62.3 Å². The lowest BCUT2D eigenvalue weighted by Gasteiger charge is -2.04. The van der Waals surface area contributed by atoms with Gasteiger partial charge in [-0.1, -0.05) is 19.1 Å². The minimum absolute atomic E-state index is 0.400. The van der Waals surface area contributed by atoms with E-state index in [1.165, 1.54) is 0 Å². The third kappa shape index (κ3) is 2.06. The average Bonchev–Trinajstić information content (AvgIpc) is 2.66. The van der Waals surface area contributed by atoms with Gasteiger partial charge in [0, 0.05) is 17.5 Å². The molecule has 4 nitrogen and oxygen atoms in total. The number of carbonyl (C=O) groups is 1. The molecular weight excluding hydrogens is 230 g/mol. The van der Waals surface area contributed by atoms with Crippen molar-refractivity contribution >= 4 is 16.9 Å². The molecule has 96 valence electrons. The van der Waals surface area contributed by atoms with Crippen LogP contribution in [0.5, 0.6) is 5.75 Å². The molecule has 2 aromatic rings. The van der Waals surface area contributed by atoms with Crippen LogP contribution in [0.1, 0.15) is 18.2 Å². The third-order valence-corrected chi connectivity index (χ3v) is 3.31. The second-order valence-corrected chi connectivity index (χ2v) is 4.55. The van der Waals surface area contributed by atoms with Gasteiger partial charge in [0.25, 0.3) is 0 Å². The molecule has 0 radical (unpaired) electrons. The van der Waals surface area contributed by atoms with Gasteiger partial charge < -0.3 is 14.8 Å². The van der Waals surface area contributed by atoms with E-state index in [1.54, 1.807) is 14.0 Å². The largest absolute Gasteiger partial charge is 0.495 e. The standard InChI is InChI=1S/C14H17NO3/c1-8(14(16)17)7-11-9(2)10-5-4-6-12(18-3)13(10)15-11/h4-6,8,15H,7H2,1-3H3,(H,16,17). The van der Waals surface area contributed by atoms with Crippen molar-refractivity contribution in [1.82, 2.24) is 4.98 Å². The highest BCUT2D eigenvalue weighted by Gasteiger charge is 2.17. The number of fused-ring (bicyclic) bond motifs is 1. The number of hydrogen-bond acceptors (Lipinski definition) is 2. The van der Waals surface area contributed by atoms with E-state index in [0.29, 0.717) is 6.42 Å². The van der Waals surface area contributed by atoms with Crippen LogP contribution in [-0.2, 0) is 11.2 Å². The van der Waals surface area contributed by atoms with Gasteiger partial charge in [-0.15, -0.1) is 0 Å². The van der Waals surface area contributed by atoms with Gasteiger partial charge in [-0.2, -0.15) is 0 Å². The Morgan fingerprint density at radius 3 is 2.83 bits per heavy atom. The van der Waals surface area contributed by atoms with Crippen LogP contribution in [0.3, 0.4) is 0 Å². The Balaban J connectivity index is 2.47. The minimum atomic E-state index is -0.778. The fraction of sp³-hybridized carbons (Fsp3) is 0.357. The maximum Gasteiger partial charge on any atom is 0.306 e. The van der Waals surface area contributed by atoms with E-state index in [9.17, 15) is 4.79 Å². The monoisotopic (exact) mass is 247 g/mol. The molecule has 2 rings (SSSR count). The molecular formula is C14H17NO3. The normalized spacial score (nSPS) is 12.6. The Morgan fingerprint density at radius 1 is 1.50 bits per heavy atom. The predicted molar refractivity (Wildman–Crippen MR) is 70.1 cm³/mol. The zero-order valence-corrected chi connectivity index (χ0v) is 10.8. The van der Waals surface area contributed by atoms with Crippen LogP contribution in [0.15, 0.2) is 18.2 Å². The van der Waals surface area contributed by atoms with Gasteiger partial charge in [0.05, 0.1) is 18.5 Å². The highest BCUT2D eigenvalue weighted by Crippen LogP contribution is 2.30. The first kappa shape index (κ1) is 12.5. The van der Waals surface area contributed by atoms with Crippen LogP contribution in [0.25, 0.3) is 10.9 Å². The van der Waals surface area contributed by atoms with Crippen molar-refractivity contribution < 1.29 is 14.6 Å². The van der Waals surface area contributed by atoms with E-state index in [-0.39, 0.29) is 0 Å². The summed E-state index contributed by atoms with van der Waals surface area (Å²) in [4.78, 5) is 14.2. The van der Waals surface area contributed by atoms with Crippen LogP contribution in [0.4, 0.5) is 0 Å². The first-order valence-corrected chi connectivity index (χ1v) is 5.91. The second-order valence-electron chi connectivity index (χ2n) is 4.55. The summed E-state index contributed by atoms with van der Waals surface area (Å²) >= 11 is 0. The Hall–Kier alpha value is -1.97. The molecule has 0 aliphatic rings. The molecule has 0 amide bonds. The number of hydrogen-bond donors (Lipinski definition) is 2. The number of ether oxygens (including phenoxy) is 1. The number of aromatic amines is 1. The smallest absolute Gasteiger partial charge is 0.306 e. The van der Waals surface area contributed by atoms with Crippen LogP contribution >= 0.6 is 0 Å². The Morgan fingerprint density at radius 2 is 2.22 bits per heavy atom. The van der Waals surface area contributed by atoms with E-state index >= 15 is 0 Å². The van der Waals surface area contributed by atoms with Gasteiger partial charge in [-0.3, -0.25) is 4.79 Å². The molecule has 1 aromatic carbocycles. The Bertz CT molecular complexity index is 586. The molecule has 18 heavy (non-hydrogen) atoms. The molecule has 4 heteroatoms. The number of aliphatic carboxylic acids is 1. The van der Waals surface area contributed by atoms with Crippen molar-refractivity contribution in [3.8, 4) is 5.75 Å². The van der Waals surface area contributed by atoms with Crippen molar-refractivity contribution in [2.75, 3.05) is 7.11 Å². The molecule has 0 spiro atoms. The molecule has 1 aromatic heterocycles. The lowest BCUT2D eigenvalue weighted by atomic mass is 10.0. The van der Waals surface area contributed by atoms with Crippen LogP contribution in [0, 0.1) is 12.8 Å². The van der Waals surface area contributed by atoms with Gasteiger partial charge in [-0.25, -0.2) is 0 Å². The molecule has 0 aliphatic carbocycles. The van der Waals surface area contributed by atoms with Crippen molar-refractivity contribution in [3.63, 3.8) is 0 Å². The SMILES string of the molecule is COc1cccc2c(C)c(CC(C)C(=O)O)[nH]c12. The summed E-state index contributed by atoms with van der Waals surface area (Å²) < 4.78 is 5.30. The lowest BCUT2D eigenvalue weighted by Crippen LogP contribution is -2.12. The number of rotatable bonds is 4. The summed E-state index contributed by atoms with van der Waals surface area (Å²) in [5.41, 5.74) is 2.99. The quantitative estimate of drug-likeness (QED) is 0.873. The Labute approximate surface area is 106 Å². The molecule has 1 unspecified atom stereocenters. The summed E-state index contributed by atoms with van der Waals surface area (Å²) in [5.74, 6) is -0.396. The van der Waals surface area contributed by atoms with Gasteiger partial charge in [0.15, 0.2) is 0 Å². The fourth-order valence-electron chi connectivity index (χ4n) is 2.15. The van der Waals surface area contributed by atoms with Crippen LogP contribution in [0.2, 0.25) is 0 Å². The Kier molecular flexibility index (Phi) is 3.28. The van der Waals surface area contributed by atoms with E-state index in [2.05, 4.69) is 4.98 Å². The van der Waals surface area contributed by atoms with Gasteiger partial charge in [0.2, 0.25) is 0 Å². The number of aryl methyl sites for hydroxylation is 1. The average molecular weight is 247 g/mol. The summed E-state index contributed by atoms with van der Waals surface area (Å²) in [6, 6.07) is 5.84. The number of para-hydroxylation sites is 1. The number of nitrogens with one attached hydrogen (secondary N) is 1. The maximum absolute atomic E-state index is 10.9. The van der Waals surface area contributed by atoms with Crippen LogP contribution < -0.4 is 4.74 Å². The molecule has 1 heterocycles. The number of methoxy groups -OCH3 is 1. The fourth-order valence-corrected chi connectivity index (χ4v) is 2.15. The predicted octanol–water partition coefficient (Wildman–Crippen LogP) is 2.75. The lowest BCUT2D eigenvalue weighted by molar-refractivity contribution is -0.141. The minimum Gasteiger partial charge on any atom is -0.495 e. The van der Waals surface area contributed by atoms with E-state index < -0.39 is 11.9 Å². The molecule has 0 saturated carbocycles. The van der Waals surface area contributed by atoms with Gasteiger partial charge in [0.1, 0.15) is 5.75 Å².